The highest BCUT2D eigenvalue weighted by molar-refractivity contribution is 7.99. The first-order chi connectivity index (χ1) is 11.2. The lowest BCUT2D eigenvalue weighted by Crippen LogP contribution is -2.06. The number of hydrogen-bond donors (Lipinski definition) is 0. The van der Waals surface area contributed by atoms with Gasteiger partial charge in [-0.25, -0.2) is 9.97 Å². The van der Waals surface area contributed by atoms with Crippen LogP contribution < -0.4 is 0 Å². The molecule has 0 saturated heterocycles. The Hall–Kier alpha value is -1.36. The van der Waals surface area contributed by atoms with Crippen molar-refractivity contribution in [2.45, 2.75) is 59.0 Å². The van der Waals surface area contributed by atoms with Gasteiger partial charge in [0.15, 0.2) is 5.16 Å². The molecule has 2 heterocycles. The minimum atomic E-state index is 0.662. The Bertz CT molecular complexity index is 580. The molecule has 0 aliphatic rings. The Labute approximate surface area is 145 Å². The average molecular weight is 335 g/mol. The zero-order valence-corrected chi connectivity index (χ0v) is 16.2. The summed E-state index contributed by atoms with van der Waals surface area (Å²) in [5, 5.41) is 5.27. The molecule has 5 heteroatoms. The second kappa shape index (κ2) is 10.4. The molecule has 0 N–H and O–H groups in total. The molecule has 2 aromatic rings. The maximum Gasteiger partial charge on any atom is 0.188 e. The van der Waals surface area contributed by atoms with E-state index in [1.807, 2.05) is 44.0 Å². The highest BCUT2D eigenvalue weighted by atomic mass is 32.2. The van der Waals surface area contributed by atoms with Crippen molar-refractivity contribution in [2.75, 3.05) is 5.75 Å². The number of nitrogens with zero attached hydrogens (tertiary/aromatic N) is 4. The number of aromatic nitrogens is 4. The summed E-state index contributed by atoms with van der Waals surface area (Å²) in [7, 11) is 2.01. The molecule has 1 atom stereocenters. The number of hydrogen-bond acceptors (Lipinski definition) is 4. The van der Waals surface area contributed by atoms with Crippen molar-refractivity contribution in [1.29, 1.82) is 0 Å². The first kappa shape index (κ1) is 19.7. The second-order valence-corrected chi connectivity index (χ2v) is 6.62. The molecule has 2 aromatic heterocycles. The number of aryl methyl sites for hydroxylation is 1. The van der Waals surface area contributed by atoms with Crippen molar-refractivity contribution < 1.29 is 0 Å². The van der Waals surface area contributed by atoms with E-state index in [0.29, 0.717) is 5.92 Å². The van der Waals surface area contributed by atoms with Crippen molar-refractivity contribution in [3.05, 3.63) is 24.2 Å². The zero-order valence-electron chi connectivity index (χ0n) is 15.3. The van der Waals surface area contributed by atoms with Gasteiger partial charge in [-0.2, -0.15) is 5.10 Å². The van der Waals surface area contributed by atoms with Crippen LogP contribution in [0.15, 0.2) is 23.6 Å². The molecule has 2 rings (SSSR count). The van der Waals surface area contributed by atoms with Crippen LogP contribution in [0.3, 0.4) is 0 Å². The summed E-state index contributed by atoms with van der Waals surface area (Å²) < 4.78 is 1.98. The zero-order chi connectivity index (χ0) is 17.2. The molecule has 0 saturated carbocycles. The third-order valence-corrected chi connectivity index (χ3v) is 4.31. The Kier molecular flexibility index (Phi) is 8.92. The molecule has 23 heavy (non-hydrogen) atoms. The summed E-state index contributed by atoms with van der Waals surface area (Å²) in [6, 6.07) is 1.98. The molecular weight excluding hydrogens is 304 g/mol. The Morgan fingerprint density at radius 1 is 1.26 bits per heavy atom. The summed E-state index contributed by atoms with van der Waals surface area (Å²) in [4.78, 5) is 8.96. The summed E-state index contributed by atoms with van der Waals surface area (Å²) in [6.45, 7) is 10.7. The van der Waals surface area contributed by atoms with E-state index in [-0.39, 0.29) is 0 Å². The number of rotatable bonds is 7. The van der Waals surface area contributed by atoms with E-state index >= 15 is 0 Å². The largest absolute Gasteiger partial charge is 0.272 e. The fraction of sp³-hybridized carbons (Fsp3) is 0.611. The Balaban J connectivity index is 0.00000127. The molecule has 4 nitrogen and oxygen atoms in total. The van der Waals surface area contributed by atoms with E-state index in [1.165, 1.54) is 18.5 Å². The quantitative estimate of drug-likeness (QED) is 0.528. The van der Waals surface area contributed by atoms with Gasteiger partial charge in [0, 0.05) is 24.5 Å². The van der Waals surface area contributed by atoms with Crippen LogP contribution >= 0.6 is 11.8 Å². The lowest BCUT2D eigenvalue weighted by molar-refractivity contribution is 0.503. The van der Waals surface area contributed by atoms with Gasteiger partial charge < -0.3 is 0 Å². The summed E-state index contributed by atoms with van der Waals surface area (Å²) >= 11 is 1.67. The standard InChI is InChI=1S/C16H24N4S.C2H6/c1-5-7-12(3)10-15-13(11-18-20(15)4)14-8-9-17-16(19-14)21-6-2;1-2/h8-9,11-12H,5-7,10H2,1-4H3;1-2H3. The monoisotopic (exact) mass is 334 g/mol. The van der Waals surface area contributed by atoms with E-state index in [9.17, 15) is 0 Å². The van der Waals surface area contributed by atoms with Crippen LogP contribution in [0.4, 0.5) is 0 Å². The van der Waals surface area contributed by atoms with Crippen LogP contribution in [0.5, 0.6) is 0 Å². The Morgan fingerprint density at radius 2 is 2.00 bits per heavy atom. The lowest BCUT2D eigenvalue weighted by atomic mass is 9.97. The van der Waals surface area contributed by atoms with Gasteiger partial charge in [0.25, 0.3) is 0 Å². The van der Waals surface area contributed by atoms with Crippen LogP contribution in [0.2, 0.25) is 0 Å². The first-order valence-electron chi connectivity index (χ1n) is 8.62. The van der Waals surface area contributed by atoms with E-state index in [2.05, 4.69) is 35.8 Å². The predicted octanol–water partition coefficient (Wildman–Crippen LogP) is 4.99. The maximum atomic E-state index is 4.66. The van der Waals surface area contributed by atoms with Gasteiger partial charge in [0.1, 0.15) is 0 Å². The summed E-state index contributed by atoms with van der Waals surface area (Å²) in [6.07, 6.45) is 7.27. The van der Waals surface area contributed by atoms with Gasteiger partial charge in [-0.05, 0) is 24.2 Å². The van der Waals surface area contributed by atoms with Crippen molar-refractivity contribution in [3.8, 4) is 11.3 Å². The second-order valence-electron chi connectivity index (χ2n) is 5.38. The highest BCUT2D eigenvalue weighted by Gasteiger charge is 2.15. The molecule has 0 radical (unpaired) electrons. The fourth-order valence-electron chi connectivity index (χ4n) is 2.53. The van der Waals surface area contributed by atoms with E-state index < -0.39 is 0 Å². The van der Waals surface area contributed by atoms with Crippen molar-refractivity contribution in [1.82, 2.24) is 19.7 Å². The lowest BCUT2D eigenvalue weighted by Gasteiger charge is -2.12. The van der Waals surface area contributed by atoms with Crippen LogP contribution in [0, 0.1) is 5.92 Å². The molecule has 0 spiro atoms. The van der Waals surface area contributed by atoms with E-state index in [0.717, 1.165) is 28.6 Å². The molecule has 0 amide bonds. The molecule has 1 unspecified atom stereocenters. The molecule has 0 bridgehead atoms. The van der Waals surface area contributed by atoms with Gasteiger partial charge in [-0.3, -0.25) is 4.68 Å². The average Bonchev–Trinajstić information content (AvgIpc) is 2.91. The van der Waals surface area contributed by atoms with Crippen molar-refractivity contribution >= 4 is 11.8 Å². The van der Waals surface area contributed by atoms with Crippen LogP contribution in [-0.4, -0.2) is 25.5 Å². The van der Waals surface area contributed by atoms with Crippen LogP contribution in [0.1, 0.15) is 53.2 Å². The highest BCUT2D eigenvalue weighted by Crippen LogP contribution is 2.26. The first-order valence-corrected chi connectivity index (χ1v) is 9.61. The van der Waals surface area contributed by atoms with Crippen LogP contribution in [-0.2, 0) is 13.5 Å². The van der Waals surface area contributed by atoms with Gasteiger partial charge >= 0.3 is 0 Å². The number of thioether (sulfide) groups is 1. The SMILES string of the molecule is CC.CCCC(C)Cc1c(-c2ccnc(SCC)n2)cnn1C. The summed E-state index contributed by atoms with van der Waals surface area (Å²) in [5.41, 5.74) is 3.38. The molecular formula is C18H30N4S. The third-order valence-electron chi connectivity index (χ3n) is 3.57. The molecule has 128 valence electrons. The van der Waals surface area contributed by atoms with E-state index in [4.69, 9.17) is 0 Å². The Morgan fingerprint density at radius 3 is 2.65 bits per heavy atom. The molecule has 0 aliphatic carbocycles. The minimum Gasteiger partial charge on any atom is -0.272 e. The molecule has 0 fully saturated rings. The predicted molar refractivity (Wildman–Crippen MR) is 99.8 cm³/mol. The van der Waals surface area contributed by atoms with Gasteiger partial charge in [0.05, 0.1) is 11.9 Å². The third kappa shape index (κ3) is 5.65. The summed E-state index contributed by atoms with van der Waals surface area (Å²) in [5.74, 6) is 1.65. The van der Waals surface area contributed by atoms with Crippen LogP contribution in [0.25, 0.3) is 11.3 Å². The van der Waals surface area contributed by atoms with Gasteiger partial charge in [0.2, 0.25) is 0 Å². The fourth-order valence-corrected chi connectivity index (χ4v) is 3.09. The van der Waals surface area contributed by atoms with Gasteiger partial charge in [-0.15, -0.1) is 0 Å². The smallest absolute Gasteiger partial charge is 0.188 e. The maximum absolute atomic E-state index is 4.66. The van der Waals surface area contributed by atoms with E-state index in [1.54, 1.807) is 11.8 Å². The topological polar surface area (TPSA) is 43.6 Å². The van der Waals surface area contributed by atoms with Crippen molar-refractivity contribution in [3.63, 3.8) is 0 Å². The molecule has 0 aromatic carbocycles. The molecule has 0 aliphatic heterocycles. The normalized spacial score (nSPS) is 11.7. The van der Waals surface area contributed by atoms with Gasteiger partial charge in [-0.1, -0.05) is 59.2 Å². The minimum absolute atomic E-state index is 0.662. The van der Waals surface area contributed by atoms with Crippen molar-refractivity contribution in [2.24, 2.45) is 13.0 Å².